The lowest BCUT2D eigenvalue weighted by Crippen LogP contribution is -2.19. The second kappa shape index (κ2) is 5.33. The smallest absolute Gasteiger partial charge is 0.306 e. The van der Waals surface area contributed by atoms with Crippen LogP contribution in [0.2, 0.25) is 0 Å². The fraction of sp³-hybridized carbons (Fsp3) is 0.615. The number of carbonyl (C=O) groups excluding carboxylic acids is 1. The van der Waals surface area contributed by atoms with Crippen molar-refractivity contribution >= 4 is 17.5 Å². The third kappa shape index (κ3) is 2.97. The van der Waals surface area contributed by atoms with Gasteiger partial charge in [-0.25, -0.2) is 0 Å². The Labute approximate surface area is 105 Å². The Morgan fingerprint density at radius 2 is 2.39 bits per heavy atom. The number of carbonyl (C=O) groups is 2. The highest BCUT2D eigenvalue weighted by Crippen LogP contribution is 2.26. The molecule has 0 bridgehead atoms. The zero-order chi connectivity index (χ0) is 13.1. The van der Waals surface area contributed by atoms with Crippen molar-refractivity contribution in [2.75, 3.05) is 0 Å². The number of allylic oxidation sites excluding steroid dienone is 2. The van der Waals surface area contributed by atoms with Gasteiger partial charge in [-0.1, -0.05) is 18.2 Å². The quantitative estimate of drug-likeness (QED) is 0.828. The first-order chi connectivity index (χ1) is 8.56. The van der Waals surface area contributed by atoms with Gasteiger partial charge in [-0.05, 0) is 12.0 Å². The summed E-state index contributed by atoms with van der Waals surface area (Å²) < 4.78 is 0. The molecule has 0 aromatic carbocycles. The summed E-state index contributed by atoms with van der Waals surface area (Å²) in [6.45, 7) is 1.67. The van der Waals surface area contributed by atoms with Gasteiger partial charge in [0.1, 0.15) is 11.9 Å². The number of rotatable bonds is 4. The maximum absolute atomic E-state index is 11.1. The molecule has 0 saturated carbocycles. The van der Waals surface area contributed by atoms with Gasteiger partial charge in [-0.3, -0.25) is 9.59 Å². The SMILES string of the molecule is CC(CC1CC(C2=CCC(=O)CC2)=NO1)C(=O)O. The molecule has 5 heteroatoms. The van der Waals surface area contributed by atoms with Crippen molar-refractivity contribution in [3.63, 3.8) is 0 Å². The Morgan fingerprint density at radius 1 is 1.61 bits per heavy atom. The lowest BCUT2D eigenvalue weighted by Gasteiger charge is -2.12. The minimum absolute atomic E-state index is 0.148. The van der Waals surface area contributed by atoms with Crippen molar-refractivity contribution in [1.29, 1.82) is 0 Å². The molecule has 0 aromatic heterocycles. The van der Waals surface area contributed by atoms with Crippen LogP contribution in [0.3, 0.4) is 0 Å². The largest absolute Gasteiger partial charge is 0.481 e. The number of hydrogen-bond acceptors (Lipinski definition) is 4. The van der Waals surface area contributed by atoms with Gasteiger partial charge in [0.25, 0.3) is 0 Å². The van der Waals surface area contributed by atoms with E-state index in [1.807, 2.05) is 6.08 Å². The lowest BCUT2D eigenvalue weighted by atomic mass is 9.91. The van der Waals surface area contributed by atoms with Crippen LogP contribution in [0.15, 0.2) is 16.8 Å². The maximum atomic E-state index is 11.1. The van der Waals surface area contributed by atoms with Gasteiger partial charge in [0, 0.05) is 25.7 Å². The summed E-state index contributed by atoms with van der Waals surface area (Å²) >= 11 is 0. The Kier molecular flexibility index (Phi) is 3.79. The maximum Gasteiger partial charge on any atom is 0.306 e. The van der Waals surface area contributed by atoms with Crippen molar-refractivity contribution < 1.29 is 19.5 Å². The summed E-state index contributed by atoms with van der Waals surface area (Å²) in [5, 5.41) is 12.9. The van der Waals surface area contributed by atoms with Crippen LogP contribution in [0.1, 0.15) is 39.0 Å². The van der Waals surface area contributed by atoms with Crippen LogP contribution in [0.4, 0.5) is 0 Å². The van der Waals surface area contributed by atoms with E-state index in [1.165, 1.54) is 0 Å². The van der Waals surface area contributed by atoms with Crippen LogP contribution in [0, 0.1) is 5.92 Å². The molecular weight excluding hydrogens is 234 g/mol. The van der Waals surface area contributed by atoms with E-state index in [-0.39, 0.29) is 11.9 Å². The van der Waals surface area contributed by atoms with Crippen molar-refractivity contribution in [3.05, 3.63) is 11.6 Å². The fourth-order valence-electron chi connectivity index (χ4n) is 2.22. The normalized spacial score (nSPS) is 25.2. The predicted octanol–water partition coefficient (Wildman–Crippen LogP) is 1.92. The molecule has 0 spiro atoms. The third-order valence-electron chi connectivity index (χ3n) is 3.39. The Hall–Kier alpha value is -1.65. The van der Waals surface area contributed by atoms with E-state index in [9.17, 15) is 9.59 Å². The molecule has 2 rings (SSSR count). The highest BCUT2D eigenvalue weighted by Gasteiger charge is 2.28. The topological polar surface area (TPSA) is 76.0 Å². The number of hydrogen-bond donors (Lipinski definition) is 1. The summed E-state index contributed by atoms with van der Waals surface area (Å²) in [5.41, 5.74) is 1.96. The second-order valence-electron chi connectivity index (χ2n) is 4.92. The molecule has 0 fully saturated rings. The molecule has 2 atom stereocenters. The summed E-state index contributed by atoms with van der Waals surface area (Å²) in [6, 6.07) is 0. The van der Waals surface area contributed by atoms with Crippen LogP contribution < -0.4 is 0 Å². The van der Waals surface area contributed by atoms with Crippen LogP contribution in [0.5, 0.6) is 0 Å². The van der Waals surface area contributed by atoms with Gasteiger partial charge in [0.15, 0.2) is 0 Å². The minimum atomic E-state index is -0.811. The van der Waals surface area contributed by atoms with Gasteiger partial charge in [0.2, 0.25) is 0 Å². The molecule has 2 aliphatic rings. The molecule has 0 amide bonds. The monoisotopic (exact) mass is 251 g/mol. The Bertz CT molecular complexity index is 425. The van der Waals surface area contributed by atoms with E-state index in [0.717, 1.165) is 17.7 Å². The fourth-order valence-corrected chi connectivity index (χ4v) is 2.22. The van der Waals surface area contributed by atoms with Gasteiger partial charge in [-0.2, -0.15) is 0 Å². The molecule has 0 radical (unpaired) electrons. The molecule has 1 aliphatic carbocycles. The average Bonchev–Trinajstić information content (AvgIpc) is 2.78. The first-order valence-electron chi connectivity index (χ1n) is 6.23. The number of ketones is 1. The molecule has 0 saturated heterocycles. The number of oxime groups is 1. The van der Waals surface area contributed by atoms with Gasteiger partial charge >= 0.3 is 5.97 Å². The molecule has 5 nitrogen and oxygen atoms in total. The van der Waals surface area contributed by atoms with E-state index >= 15 is 0 Å². The van der Waals surface area contributed by atoms with Crippen molar-refractivity contribution in [1.82, 2.24) is 0 Å². The zero-order valence-electron chi connectivity index (χ0n) is 10.4. The predicted molar refractivity (Wildman–Crippen MR) is 65.3 cm³/mol. The molecule has 2 unspecified atom stereocenters. The summed E-state index contributed by atoms with van der Waals surface area (Å²) in [7, 11) is 0. The zero-order valence-corrected chi connectivity index (χ0v) is 10.4. The number of carboxylic acid groups (broad SMARTS) is 1. The van der Waals surface area contributed by atoms with Crippen molar-refractivity contribution in [3.8, 4) is 0 Å². The van der Waals surface area contributed by atoms with E-state index in [2.05, 4.69) is 5.16 Å². The highest BCUT2D eigenvalue weighted by molar-refractivity contribution is 6.02. The van der Waals surface area contributed by atoms with Gasteiger partial charge < -0.3 is 9.94 Å². The molecule has 0 aromatic rings. The molecule has 1 N–H and O–H groups in total. The third-order valence-corrected chi connectivity index (χ3v) is 3.39. The molecular formula is C13H17NO4. The lowest BCUT2D eigenvalue weighted by molar-refractivity contribution is -0.142. The molecule has 98 valence electrons. The van der Waals surface area contributed by atoms with Crippen LogP contribution in [0.25, 0.3) is 0 Å². The van der Waals surface area contributed by atoms with E-state index < -0.39 is 11.9 Å². The Balaban J connectivity index is 1.88. The van der Waals surface area contributed by atoms with Crippen LogP contribution in [-0.4, -0.2) is 28.7 Å². The number of aliphatic carboxylic acids is 1. The van der Waals surface area contributed by atoms with Crippen molar-refractivity contribution in [2.45, 2.75) is 45.1 Å². The molecule has 18 heavy (non-hydrogen) atoms. The summed E-state index contributed by atoms with van der Waals surface area (Å²) in [6.07, 6.45) is 4.65. The van der Waals surface area contributed by atoms with E-state index in [1.54, 1.807) is 6.92 Å². The number of carboxylic acids is 1. The van der Waals surface area contributed by atoms with Gasteiger partial charge in [-0.15, -0.1) is 0 Å². The van der Waals surface area contributed by atoms with Crippen LogP contribution >= 0.6 is 0 Å². The average molecular weight is 251 g/mol. The van der Waals surface area contributed by atoms with Gasteiger partial charge in [0.05, 0.1) is 11.6 Å². The first-order valence-corrected chi connectivity index (χ1v) is 6.23. The number of nitrogens with zero attached hydrogens (tertiary/aromatic N) is 1. The van der Waals surface area contributed by atoms with Crippen molar-refractivity contribution in [2.24, 2.45) is 11.1 Å². The minimum Gasteiger partial charge on any atom is -0.481 e. The van der Waals surface area contributed by atoms with Crippen LogP contribution in [-0.2, 0) is 14.4 Å². The first kappa shape index (κ1) is 12.8. The Morgan fingerprint density at radius 3 is 3.00 bits per heavy atom. The number of Topliss-reactive ketones (excluding diaryl/α,β-unsaturated/α-hetero) is 1. The van der Waals surface area contributed by atoms with E-state index in [0.29, 0.717) is 25.7 Å². The van der Waals surface area contributed by atoms with E-state index in [4.69, 9.17) is 9.94 Å². The summed E-state index contributed by atoms with van der Waals surface area (Å²) in [4.78, 5) is 27.2. The molecule has 1 aliphatic heterocycles. The second-order valence-corrected chi connectivity index (χ2v) is 4.92. The molecule has 1 heterocycles. The standard InChI is InChI=1S/C13H17NO4/c1-8(13(16)17)6-11-7-12(14-18-11)9-2-4-10(15)5-3-9/h2,8,11H,3-7H2,1H3,(H,16,17). The highest BCUT2D eigenvalue weighted by atomic mass is 16.6. The summed E-state index contributed by atoms with van der Waals surface area (Å²) in [5.74, 6) is -0.977.